The van der Waals surface area contributed by atoms with Crippen molar-refractivity contribution in [1.82, 2.24) is 5.32 Å². The molecule has 1 atom stereocenters. The van der Waals surface area contributed by atoms with Crippen LogP contribution >= 0.6 is 15.9 Å². The number of piperidine rings is 1. The van der Waals surface area contributed by atoms with Crippen LogP contribution in [-0.2, 0) is 6.42 Å². The summed E-state index contributed by atoms with van der Waals surface area (Å²) >= 11 is 3.28. The topological polar surface area (TPSA) is 12.0 Å². The van der Waals surface area contributed by atoms with E-state index in [9.17, 15) is 8.78 Å². The van der Waals surface area contributed by atoms with Crippen LogP contribution in [0.4, 0.5) is 8.78 Å². The first kappa shape index (κ1) is 12.0. The van der Waals surface area contributed by atoms with E-state index in [0.717, 1.165) is 37.9 Å². The molecule has 0 saturated carbocycles. The largest absolute Gasteiger partial charge is 0.316 e. The second kappa shape index (κ2) is 5.23. The predicted octanol–water partition coefficient (Wildman–Crippen LogP) is 3.27. The van der Waals surface area contributed by atoms with E-state index in [-0.39, 0.29) is 0 Å². The van der Waals surface area contributed by atoms with E-state index in [2.05, 4.69) is 21.2 Å². The molecule has 4 heteroatoms. The Morgan fingerprint density at radius 3 is 2.75 bits per heavy atom. The van der Waals surface area contributed by atoms with E-state index in [0.29, 0.717) is 10.4 Å². The summed E-state index contributed by atoms with van der Waals surface area (Å²) in [4.78, 5) is 0. The van der Waals surface area contributed by atoms with Gasteiger partial charge in [0.25, 0.3) is 0 Å². The monoisotopic (exact) mass is 289 g/mol. The van der Waals surface area contributed by atoms with Gasteiger partial charge in [-0.25, -0.2) is 8.78 Å². The van der Waals surface area contributed by atoms with Gasteiger partial charge in [0, 0.05) is 4.47 Å². The highest BCUT2D eigenvalue weighted by atomic mass is 79.9. The summed E-state index contributed by atoms with van der Waals surface area (Å²) in [5.74, 6) is -1.03. The Kier molecular flexibility index (Phi) is 3.92. The van der Waals surface area contributed by atoms with Gasteiger partial charge in [0.05, 0.1) is 0 Å². The number of halogens is 3. The van der Waals surface area contributed by atoms with Crippen molar-refractivity contribution < 1.29 is 8.78 Å². The maximum absolute atomic E-state index is 13.1. The molecular formula is C12H14BrF2N. The second-order valence-electron chi connectivity index (χ2n) is 4.27. The van der Waals surface area contributed by atoms with E-state index < -0.39 is 11.6 Å². The summed E-state index contributed by atoms with van der Waals surface area (Å²) in [6.45, 7) is 2.03. The lowest BCUT2D eigenvalue weighted by atomic mass is 9.92. The molecule has 0 spiro atoms. The molecule has 0 bridgehead atoms. The standard InChI is InChI=1S/C12H14BrF2N/c13-10-6-12(15)11(14)5-9(10)4-8-2-1-3-16-7-8/h5-6,8,16H,1-4,7H2. The van der Waals surface area contributed by atoms with Crippen molar-refractivity contribution >= 4 is 15.9 Å². The van der Waals surface area contributed by atoms with Crippen LogP contribution in [0.3, 0.4) is 0 Å². The van der Waals surface area contributed by atoms with Gasteiger partial charge >= 0.3 is 0 Å². The van der Waals surface area contributed by atoms with Crippen molar-refractivity contribution in [2.24, 2.45) is 5.92 Å². The fraction of sp³-hybridized carbons (Fsp3) is 0.500. The Morgan fingerprint density at radius 1 is 1.31 bits per heavy atom. The molecule has 0 aliphatic carbocycles. The minimum Gasteiger partial charge on any atom is -0.316 e. The second-order valence-corrected chi connectivity index (χ2v) is 5.13. The third-order valence-corrected chi connectivity index (χ3v) is 3.74. The van der Waals surface area contributed by atoms with Crippen molar-refractivity contribution in [3.8, 4) is 0 Å². The Bertz CT molecular complexity index is 376. The summed E-state index contributed by atoms with van der Waals surface area (Å²) in [6, 6.07) is 2.51. The average molecular weight is 290 g/mol. The fourth-order valence-electron chi connectivity index (χ4n) is 2.13. The molecule has 1 unspecified atom stereocenters. The fourth-order valence-corrected chi connectivity index (χ4v) is 2.61. The van der Waals surface area contributed by atoms with Crippen LogP contribution in [0.2, 0.25) is 0 Å². The third-order valence-electron chi connectivity index (χ3n) is 3.00. The Hall–Kier alpha value is -0.480. The molecule has 1 fully saturated rings. The Labute approximate surface area is 102 Å². The van der Waals surface area contributed by atoms with Gasteiger partial charge in [0.15, 0.2) is 11.6 Å². The summed E-state index contributed by atoms with van der Waals surface area (Å²) in [7, 11) is 0. The van der Waals surface area contributed by atoms with Crippen LogP contribution in [0, 0.1) is 17.6 Å². The summed E-state index contributed by atoms with van der Waals surface area (Å²) < 4.78 is 26.7. The number of hydrogen-bond donors (Lipinski definition) is 1. The van der Waals surface area contributed by atoms with Gasteiger partial charge in [-0.1, -0.05) is 15.9 Å². The van der Waals surface area contributed by atoms with E-state index in [1.54, 1.807) is 0 Å². The third kappa shape index (κ3) is 2.80. The quantitative estimate of drug-likeness (QED) is 0.824. The van der Waals surface area contributed by atoms with Crippen LogP contribution < -0.4 is 5.32 Å². The normalized spacial score (nSPS) is 21.1. The van der Waals surface area contributed by atoms with E-state index >= 15 is 0 Å². The SMILES string of the molecule is Fc1cc(Br)c(CC2CCCNC2)cc1F. The molecule has 1 N–H and O–H groups in total. The van der Waals surface area contributed by atoms with Crippen molar-refractivity contribution in [3.05, 3.63) is 33.8 Å². The molecule has 88 valence electrons. The van der Waals surface area contributed by atoms with Crippen LogP contribution in [0.25, 0.3) is 0 Å². The number of nitrogens with one attached hydrogen (secondary N) is 1. The molecule has 0 radical (unpaired) electrons. The summed E-state index contributed by atoms with van der Waals surface area (Å²) in [5, 5.41) is 3.32. The zero-order valence-corrected chi connectivity index (χ0v) is 10.5. The van der Waals surface area contributed by atoms with Gasteiger partial charge in [0.2, 0.25) is 0 Å². The Morgan fingerprint density at radius 2 is 2.06 bits per heavy atom. The first-order chi connectivity index (χ1) is 7.66. The molecule has 1 saturated heterocycles. The molecule has 16 heavy (non-hydrogen) atoms. The van der Waals surface area contributed by atoms with Crippen LogP contribution in [0.1, 0.15) is 18.4 Å². The molecule has 0 aromatic heterocycles. The van der Waals surface area contributed by atoms with Crippen molar-refractivity contribution in [2.45, 2.75) is 19.3 Å². The average Bonchev–Trinajstić information content (AvgIpc) is 2.27. The lowest BCUT2D eigenvalue weighted by molar-refractivity contribution is 0.375. The van der Waals surface area contributed by atoms with Gasteiger partial charge in [-0.05, 0) is 56.0 Å². The van der Waals surface area contributed by atoms with Gasteiger partial charge in [-0.2, -0.15) is 0 Å². The highest BCUT2D eigenvalue weighted by Gasteiger charge is 2.16. The highest BCUT2D eigenvalue weighted by Crippen LogP contribution is 2.25. The first-order valence-corrected chi connectivity index (χ1v) is 6.30. The Balaban J connectivity index is 2.11. The van der Waals surface area contributed by atoms with E-state index in [1.165, 1.54) is 12.1 Å². The van der Waals surface area contributed by atoms with Crippen molar-refractivity contribution in [3.63, 3.8) is 0 Å². The van der Waals surface area contributed by atoms with Gasteiger partial charge in [-0.3, -0.25) is 0 Å². The molecule has 0 amide bonds. The zero-order chi connectivity index (χ0) is 11.5. The molecule has 1 nitrogen and oxygen atoms in total. The number of hydrogen-bond acceptors (Lipinski definition) is 1. The van der Waals surface area contributed by atoms with Crippen molar-refractivity contribution in [1.29, 1.82) is 0 Å². The lowest BCUT2D eigenvalue weighted by Gasteiger charge is -2.23. The van der Waals surface area contributed by atoms with Crippen LogP contribution in [-0.4, -0.2) is 13.1 Å². The highest BCUT2D eigenvalue weighted by molar-refractivity contribution is 9.10. The van der Waals surface area contributed by atoms with Crippen molar-refractivity contribution in [2.75, 3.05) is 13.1 Å². The lowest BCUT2D eigenvalue weighted by Crippen LogP contribution is -2.30. The smallest absolute Gasteiger partial charge is 0.159 e. The molecule has 1 aliphatic heterocycles. The van der Waals surface area contributed by atoms with Gasteiger partial charge in [-0.15, -0.1) is 0 Å². The molecule has 2 rings (SSSR count). The predicted molar refractivity (Wildman–Crippen MR) is 63.4 cm³/mol. The molecule has 1 aromatic rings. The zero-order valence-electron chi connectivity index (χ0n) is 8.90. The summed E-state index contributed by atoms with van der Waals surface area (Å²) in [6.07, 6.45) is 3.11. The minimum absolute atomic E-state index is 0.523. The first-order valence-electron chi connectivity index (χ1n) is 5.51. The number of rotatable bonds is 2. The van der Waals surface area contributed by atoms with Crippen LogP contribution in [0.15, 0.2) is 16.6 Å². The van der Waals surface area contributed by atoms with Crippen LogP contribution in [0.5, 0.6) is 0 Å². The maximum atomic E-state index is 13.1. The molecule has 1 heterocycles. The minimum atomic E-state index is -0.794. The van der Waals surface area contributed by atoms with Gasteiger partial charge in [0.1, 0.15) is 0 Å². The molecule has 1 aromatic carbocycles. The molecular weight excluding hydrogens is 276 g/mol. The molecule has 1 aliphatic rings. The number of benzene rings is 1. The maximum Gasteiger partial charge on any atom is 0.159 e. The van der Waals surface area contributed by atoms with E-state index in [4.69, 9.17) is 0 Å². The van der Waals surface area contributed by atoms with E-state index in [1.807, 2.05) is 0 Å². The summed E-state index contributed by atoms with van der Waals surface area (Å²) in [5.41, 5.74) is 0.854. The van der Waals surface area contributed by atoms with Gasteiger partial charge < -0.3 is 5.32 Å².